The lowest BCUT2D eigenvalue weighted by Crippen LogP contribution is -2.48. The van der Waals surface area contributed by atoms with Crippen molar-refractivity contribution in [2.75, 3.05) is 48.1 Å². The van der Waals surface area contributed by atoms with Gasteiger partial charge in [0.25, 0.3) is 5.91 Å². The summed E-state index contributed by atoms with van der Waals surface area (Å²) < 4.78 is 42.1. The van der Waals surface area contributed by atoms with Gasteiger partial charge in [-0.2, -0.15) is 0 Å². The molecule has 9 rings (SSSR count). The summed E-state index contributed by atoms with van der Waals surface area (Å²) in [5, 5.41) is 10.1. The number of aliphatic hydroxyl groups is 1. The van der Waals surface area contributed by atoms with Gasteiger partial charge in [0.2, 0.25) is 6.29 Å². The summed E-state index contributed by atoms with van der Waals surface area (Å²) in [5.74, 6) is 2.79. The lowest BCUT2D eigenvalue weighted by molar-refractivity contribution is -0.158. The molecular formula is C52H58N2O10. The van der Waals surface area contributed by atoms with Crippen molar-refractivity contribution in [2.45, 2.75) is 83.0 Å². The van der Waals surface area contributed by atoms with Gasteiger partial charge in [0.1, 0.15) is 5.58 Å². The van der Waals surface area contributed by atoms with E-state index in [2.05, 4.69) is 36.1 Å². The van der Waals surface area contributed by atoms with Crippen molar-refractivity contribution >= 4 is 16.9 Å². The average molecular weight is 871 g/mol. The van der Waals surface area contributed by atoms with Gasteiger partial charge in [0.05, 0.1) is 59.3 Å². The van der Waals surface area contributed by atoms with Crippen molar-refractivity contribution in [3.05, 3.63) is 140 Å². The van der Waals surface area contributed by atoms with Gasteiger partial charge in [-0.25, -0.2) is 0 Å². The molecule has 12 nitrogen and oxygen atoms in total. The average Bonchev–Trinajstić information content (AvgIpc) is 3.34. The minimum atomic E-state index is -0.840. The molecule has 5 heterocycles. The van der Waals surface area contributed by atoms with Crippen molar-refractivity contribution in [2.24, 2.45) is 11.8 Å². The number of fused-ring (bicyclic) bond motifs is 5. The second-order valence-electron chi connectivity index (χ2n) is 17.5. The van der Waals surface area contributed by atoms with E-state index >= 15 is 4.79 Å². The largest absolute Gasteiger partial charge is 0.493 e. The van der Waals surface area contributed by atoms with Crippen LogP contribution in [0.5, 0.6) is 23.0 Å². The van der Waals surface area contributed by atoms with E-state index in [9.17, 15) is 9.90 Å². The summed E-state index contributed by atoms with van der Waals surface area (Å²) >= 11 is 0. The van der Waals surface area contributed by atoms with E-state index < -0.39 is 12.2 Å². The summed E-state index contributed by atoms with van der Waals surface area (Å²) in [6.07, 6.45) is 6.99. The number of methoxy groups -OCH3 is 4. The summed E-state index contributed by atoms with van der Waals surface area (Å²) in [5.41, 5.74) is 7.19. The monoisotopic (exact) mass is 870 g/mol. The normalized spacial score (nSPS) is 23.0. The van der Waals surface area contributed by atoms with Gasteiger partial charge in [-0.1, -0.05) is 49.7 Å². The zero-order valence-electron chi connectivity index (χ0n) is 37.3. The molecule has 12 heteroatoms. The van der Waals surface area contributed by atoms with Crippen molar-refractivity contribution < 1.29 is 42.7 Å². The number of aliphatic hydroxyl groups excluding tert-OH is 1. The lowest BCUT2D eigenvalue weighted by atomic mass is 9.72. The Balaban J connectivity index is 1.08. The fraction of sp³-hybridized carbons (Fsp3) is 0.423. The van der Waals surface area contributed by atoms with Gasteiger partial charge in [-0.3, -0.25) is 14.5 Å². The first-order chi connectivity index (χ1) is 31.2. The summed E-state index contributed by atoms with van der Waals surface area (Å²) in [7, 11) is 6.66. The lowest BCUT2D eigenvalue weighted by Gasteiger charge is -2.49. The highest BCUT2D eigenvalue weighted by Gasteiger charge is 2.43. The van der Waals surface area contributed by atoms with Crippen molar-refractivity contribution in [1.82, 2.24) is 9.80 Å². The summed E-state index contributed by atoms with van der Waals surface area (Å²) in [4.78, 5) is 34.1. The van der Waals surface area contributed by atoms with Gasteiger partial charge >= 0.3 is 0 Å². The Hall–Kier alpha value is -5.82. The van der Waals surface area contributed by atoms with Crippen LogP contribution in [-0.4, -0.2) is 75.2 Å². The Kier molecular flexibility index (Phi) is 12.7. The molecule has 0 saturated carbocycles. The Bertz CT molecular complexity index is 2590. The highest BCUT2D eigenvalue weighted by molar-refractivity contribution is 5.92. The minimum absolute atomic E-state index is 0.0564. The van der Waals surface area contributed by atoms with Crippen LogP contribution >= 0.6 is 0 Å². The maximum atomic E-state index is 15.4. The molecule has 6 unspecified atom stereocenters. The van der Waals surface area contributed by atoms with Crippen LogP contribution < -0.4 is 24.4 Å². The van der Waals surface area contributed by atoms with Gasteiger partial charge in [0.15, 0.2) is 34.2 Å². The first-order valence-electron chi connectivity index (χ1n) is 22.5. The number of hydrogen-bond donors (Lipinski definition) is 1. The third-order valence-electron chi connectivity index (χ3n) is 14.1. The zero-order valence-corrected chi connectivity index (χ0v) is 37.3. The van der Waals surface area contributed by atoms with Gasteiger partial charge in [0, 0.05) is 43.6 Å². The molecule has 0 radical (unpaired) electrons. The Labute approximate surface area is 374 Å². The molecule has 6 atom stereocenters. The molecule has 0 bridgehead atoms. The maximum Gasteiger partial charge on any atom is 0.289 e. The number of nitrogens with zero attached hydrogens (tertiary/aromatic N) is 2. The molecule has 336 valence electrons. The van der Waals surface area contributed by atoms with E-state index in [4.69, 9.17) is 32.8 Å². The van der Waals surface area contributed by atoms with Crippen LogP contribution in [0.3, 0.4) is 0 Å². The van der Waals surface area contributed by atoms with Gasteiger partial charge in [-0.15, -0.1) is 0 Å². The molecule has 5 aromatic rings. The molecule has 1 aromatic heterocycles. The van der Waals surface area contributed by atoms with Crippen LogP contribution in [0.2, 0.25) is 0 Å². The predicted molar refractivity (Wildman–Crippen MR) is 242 cm³/mol. The number of ether oxygens (including phenoxy) is 6. The third kappa shape index (κ3) is 8.34. The zero-order chi connectivity index (χ0) is 44.5. The SMILES string of the molecule is CCC1CN2CCc3cc(OC)c(OC)cc3C2CC1CC1c2cc(OC)c(OC)cc2CCN1C(=O)C1=CC(c2coc3ccccc3c2=O)CC(OCc2ccc(CO)cc2)O1. The van der Waals surface area contributed by atoms with Crippen LogP contribution in [0.4, 0.5) is 0 Å². The topological polar surface area (TPSA) is 129 Å². The van der Waals surface area contributed by atoms with Crippen LogP contribution in [0.15, 0.2) is 100 Å². The smallest absolute Gasteiger partial charge is 0.289 e. The molecule has 0 spiro atoms. The molecule has 1 fully saturated rings. The summed E-state index contributed by atoms with van der Waals surface area (Å²) in [6.45, 7) is 4.82. The number of benzene rings is 4. The number of carbonyl (C=O) groups excluding carboxylic acids is 1. The van der Waals surface area contributed by atoms with Crippen LogP contribution in [0.25, 0.3) is 11.0 Å². The van der Waals surface area contributed by atoms with Crippen LogP contribution in [0, 0.1) is 11.8 Å². The fourth-order valence-electron chi connectivity index (χ4n) is 10.6. The highest BCUT2D eigenvalue weighted by Crippen LogP contribution is 2.50. The van der Waals surface area contributed by atoms with E-state index in [0.717, 1.165) is 72.5 Å². The van der Waals surface area contributed by atoms with Gasteiger partial charge in [-0.05, 0) is 113 Å². The number of piperidine rings is 1. The maximum absolute atomic E-state index is 15.4. The second-order valence-corrected chi connectivity index (χ2v) is 17.5. The Morgan fingerprint density at radius 1 is 0.781 bits per heavy atom. The molecule has 1 saturated heterocycles. The number of para-hydroxylation sites is 1. The van der Waals surface area contributed by atoms with Crippen molar-refractivity contribution in [3.63, 3.8) is 0 Å². The van der Waals surface area contributed by atoms with Crippen LogP contribution in [-0.2, 0) is 40.3 Å². The van der Waals surface area contributed by atoms with E-state index in [0.29, 0.717) is 53.3 Å². The quantitative estimate of drug-likeness (QED) is 0.123. The van der Waals surface area contributed by atoms with Crippen molar-refractivity contribution in [1.29, 1.82) is 0 Å². The molecule has 64 heavy (non-hydrogen) atoms. The fourth-order valence-corrected chi connectivity index (χ4v) is 10.6. The molecule has 4 aromatic carbocycles. The van der Waals surface area contributed by atoms with Gasteiger partial charge < -0.3 is 42.8 Å². The highest BCUT2D eigenvalue weighted by atomic mass is 16.7. The van der Waals surface area contributed by atoms with Crippen molar-refractivity contribution in [3.8, 4) is 23.0 Å². The molecule has 0 aliphatic carbocycles. The van der Waals surface area contributed by atoms with Crippen LogP contribution in [0.1, 0.15) is 89.6 Å². The van der Waals surface area contributed by atoms with E-state index in [1.165, 1.54) is 17.4 Å². The standard InChI is InChI=1S/C52H58N2O10/c1-6-33-27-53-17-15-34-21-45(58-2)47(60-4)25-39(34)42(53)19-36(33)20-43-40-26-48(61-5)46(59-3)22-35(40)16-18-54(43)52(57)49-23-37(41-30-62-44-10-8-7-9-38(44)51(41)56)24-50(64-49)63-29-32-13-11-31(28-55)12-14-32/h7-14,21-23,25-26,30,33,36-37,42-43,50,55H,6,15-20,24,27-29H2,1-5H3. The number of hydrogen-bond acceptors (Lipinski definition) is 11. The first-order valence-corrected chi connectivity index (χ1v) is 22.5. The Morgan fingerprint density at radius 3 is 2.14 bits per heavy atom. The molecule has 4 aliphatic heterocycles. The molecule has 4 aliphatic rings. The second kappa shape index (κ2) is 18.7. The number of rotatable bonds is 13. The third-order valence-corrected chi connectivity index (χ3v) is 14.1. The predicted octanol–water partition coefficient (Wildman–Crippen LogP) is 8.41. The molecule has 1 N–H and O–H groups in total. The number of amides is 1. The van der Waals surface area contributed by atoms with E-state index in [-0.39, 0.29) is 48.3 Å². The first kappa shape index (κ1) is 43.4. The number of allylic oxidation sites excluding steroid dienone is 1. The number of carbonyl (C=O) groups is 1. The molecule has 1 amide bonds. The van der Waals surface area contributed by atoms with E-state index in [1.54, 1.807) is 46.6 Å². The molecular weight excluding hydrogens is 813 g/mol. The Morgan fingerprint density at radius 2 is 1.44 bits per heavy atom. The van der Waals surface area contributed by atoms with E-state index in [1.807, 2.05) is 41.3 Å². The summed E-state index contributed by atoms with van der Waals surface area (Å²) in [6, 6.07) is 23.0. The minimum Gasteiger partial charge on any atom is -0.493 e.